The van der Waals surface area contributed by atoms with Crippen LogP contribution in [0.2, 0.25) is 0 Å². The number of phenols is 1. The first-order valence-corrected chi connectivity index (χ1v) is 4.47. The Labute approximate surface area is 82.0 Å². The highest BCUT2D eigenvalue weighted by Crippen LogP contribution is 2.21. The van der Waals surface area contributed by atoms with E-state index >= 15 is 0 Å². The van der Waals surface area contributed by atoms with Crippen LogP contribution in [0.5, 0.6) is 5.75 Å². The number of para-hydroxylation sites is 2. The molecule has 0 heterocycles. The number of nitrogens with one attached hydrogen (secondary N) is 1. The van der Waals surface area contributed by atoms with Crippen molar-refractivity contribution in [3.05, 3.63) is 24.3 Å². The predicted molar refractivity (Wildman–Crippen MR) is 58.2 cm³/mol. The molecular weight excluding hydrogens is 190 g/mol. The van der Waals surface area contributed by atoms with Crippen LogP contribution in [-0.4, -0.2) is 15.8 Å². The van der Waals surface area contributed by atoms with E-state index in [0.29, 0.717) is 16.4 Å². The lowest BCUT2D eigenvalue weighted by Gasteiger charge is -2.06. The van der Waals surface area contributed by atoms with E-state index in [9.17, 15) is 5.11 Å². The van der Waals surface area contributed by atoms with Crippen molar-refractivity contribution < 1.29 is 5.11 Å². The van der Waals surface area contributed by atoms with Crippen molar-refractivity contribution in [2.75, 3.05) is 11.1 Å². The Morgan fingerprint density at radius 3 is 2.75 bits per heavy atom. The molecule has 1 rings (SSSR count). The fraction of sp³-hybridized carbons (Fsp3) is 0.125. The van der Waals surface area contributed by atoms with Crippen molar-refractivity contribution in [2.24, 2.45) is 0 Å². The maximum atomic E-state index is 9.31. The van der Waals surface area contributed by atoms with Gasteiger partial charge in [-0.3, -0.25) is 0 Å². The standard InChI is InChI=1S/C8H9NOS2/c10-7-4-2-1-3-6(7)9-8(12)5-11/h1-4,10-11H,5H2,(H,9,12). The average Bonchev–Trinajstić information content (AvgIpc) is 2.09. The van der Waals surface area contributed by atoms with E-state index in [-0.39, 0.29) is 5.75 Å². The molecular formula is C8H9NOS2. The predicted octanol–water partition coefficient (Wildman–Crippen LogP) is 2.06. The molecule has 0 aliphatic rings. The van der Waals surface area contributed by atoms with Gasteiger partial charge in [0.05, 0.1) is 10.7 Å². The van der Waals surface area contributed by atoms with Crippen molar-refractivity contribution in [2.45, 2.75) is 0 Å². The van der Waals surface area contributed by atoms with Gasteiger partial charge in [-0.1, -0.05) is 24.4 Å². The van der Waals surface area contributed by atoms with Gasteiger partial charge in [0.25, 0.3) is 0 Å². The molecule has 1 aromatic carbocycles. The molecule has 0 radical (unpaired) electrons. The summed E-state index contributed by atoms with van der Waals surface area (Å²) in [7, 11) is 0. The first-order chi connectivity index (χ1) is 5.74. The Bertz CT molecular complexity index is 288. The average molecular weight is 199 g/mol. The molecule has 0 atom stereocenters. The third-order valence-corrected chi connectivity index (χ3v) is 2.10. The second-order valence-corrected chi connectivity index (χ2v) is 3.03. The van der Waals surface area contributed by atoms with Crippen LogP contribution in [0.4, 0.5) is 5.69 Å². The summed E-state index contributed by atoms with van der Waals surface area (Å²) in [6, 6.07) is 6.93. The molecule has 0 aromatic heterocycles. The summed E-state index contributed by atoms with van der Waals surface area (Å²) >= 11 is 8.89. The number of phenolic OH excluding ortho intramolecular Hbond substituents is 1. The van der Waals surface area contributed by atoms with E-state index in [1.54, 1.807) is 18.2 Å². The third kappa shape index (κ3) is 2.39. The first-order valence-electron chi connectivity index (χ1n) is 3.42. The van der Waals surface area contributed by atoms with Gasteiger partial charge in [0.1, 0.15) is 5.75 Å². The smallest absolute Gasteiger partial charge is 0.139 e. The summed E-state index contributed by atoms with van der Waals surface area (Å²) in [4.78, 5) is 0.597. The highest BCUT2D eigenvalue weighted by molar-refractivity contribution is 7.86. The zero-order valence-electron chi connectivity index (χ0n) is 6.32. The number of anilines is 1. The number of thiol groups is 1. The summed E-state index contributed by atoms with van der Waals surface area (Å²) in [5, 5.41) is 12.2. The molecule has 0 aliphatic heterocycles. The third-order valence-electron chi connectivity index (χ3n) is 1.32. The molecule has 2 nitrogen and oxygen atoms in total. The fourth-order valence-electron chi connectivity index (χ4n) is 0.769. The van der Waals surface area contributed by atoms with E-state index in [0.717, 1.165) is 0 Å². The monoisotopic (exact) mass is 199 g/mol. The quantitative estimate of drug-likeness (QED) is 0.387. The fourth-order valence-corrected chi connectivity index (χ4v) is 0.958. The van der Waals surface area contributed by atoms with Crippen LogP contribution in [0, 0.1) is 0 Å². The highest BCUT2D eigenvalue weighted by atomic mass is 32.1. The van der Waals surface area contributed by atoms with Crippen LogP contribution in [0.15, 0.2) is 24.3 Å². The van der Waals surface area contributed by atoms with Crippen LogP contribution in [-0.2, 0) is 0 Å². The van der Waals surface area contributed by atoms with Crippen molar-refractivity contribution in [3.63, 3.8) is 0 Å². The minimum atomic E-state index is 0.196. The Kier molecular flexibility index (Phi) is 3.37. The molecule has 0 unspecified atom stereocenters. The van der Waals surface area contributed by atoms with E-state index < -0.39 is 0 Å². The largest absolute Gasteiger partial charge is 0.506 e. The molecule has 12 heavy (non-hydrogen) atoms. The Morgan fingerprint density at radius 1 is 1.50 bits per heavy atom. The number of thiocarbonyl (C=S) groups is 1. The Hall–Kier alpha value is -0.740. The highest BCUT2D eigenvalue weighted by Gasteiger charge is 1.99. The van der Waals surface area contributed by atoms with Crippen LogP contribution in [0.1, 0.15) is 0 Å². The van der Waals surface area contributed by atoms with Crippen molar-refractivity contribution >= 4 is 35.5 Å². The number of benzene rings is 1. The topological polar surface area (TPSA) is 32.3 Å². The molecule has 0 amide bonds. The Balaban J connectivity index is 2.75. The molecule has 1 aromatic rings. The van der Waals surface area contributed by atoms with Crippen LogP contribution >= 0.6 is 24.8 Å². The molecule has 0 saturated heterocycles. The molecule has 2 N–H and O–H groups in total. The van der Waals surface area contributed by atoms with Gasteiger partial charge in [0, 0.05) is 5.75 Å². The van der Waals surface area contributed by atoms with Crippen LogP contribution in [0.3, 0.4) is 0 Å². The summed E-state index contributed by atoms with van der Waals surface area (Å²) in [5.74, 6) is 0.672. The van der Waals surface area contributed by atoms with E-state index in [1.807, 2.05) is 6.07 Å². The zero-order chi connectivity index (χ0) is 8.97. The zero-order valence-corrected chi connectivity index (χ0v) is 8.03. The molecule has 0 spiro atoms. The van der Waals surface area contributed by atoms with Crippen LogP contribution in [0.25, 0.3) is 0 Å². The lowest BCUT2D eigenvalue weighted by molar-refractivity contribution is 0.478. The maximum Gasteiger partial charge on any atom is 0.139 e. The molecule has 0 fully saturated rings. The summed E-state index contributed by atoms with van der Waals surface area (Å²) < 4.78 is 0. The number of aromatic hydroxyl groups is 1. The van der Waals surface area contributed by atoms with E-state index in [4.69, 9.17) is 12.2 Å². The lowest BCUT2D eigenvalue weighted by atomic mass is 10.3. The maximum absolute atomic E-state index is 9.31. The van der Waals surface area contributed by atoms with Crippen molar-refractivity contribution in [3.8, 4) is 5.75 Å². The molecule has 64 valence electrons. The van der Waals surface area contributed by atoms with Crippen molar-refractivity contribution in [1.82, 2.24) is 0 Å². The minimum Gasteiger partial charge on any atom is -0.506 e. The van der Waals surface area contributed by atoms with E-state index in [1.165, 1.54) is 0 Å². The molecule has 0 aliphatic carbocycles. The molecule has 0 saturated carbocycles. The van der Waals surface area contributed by atoms with Gasteiger partial charge in [-0.25, -0.2) is 0 Å². The summed E-state index contributed by atoms with van der Waals surface area (Å²) in [6.45, 7) is 0. The van der Waals surface area contributed by atoms with Gasteiger partial charge in [0.2, 0.25) is 0 Å². The number of hydrogen-bond acceptors (Lipinski definition) is 3. The molecule has 0 bridgehead atoms. The van der Waals surface area contributed by atoms with Crippen LogP contribution < -0.4 is 5.32 Å². The van der Waals surface area contributed by atoms with Gasteiger partial charge >= 0.3 is 0 Å². The molecule has 4 heteroatoms. The first kappa shape index (κ1) is 9.35. The Morgan fingerprint density at radius 2 is 2.17 bits per heavy atom. The number of hydrogen-bond donors (Lipinski definition) is 3. The normalized spacial score (nSPS) is 9.42. The van der Waals surface area contributed by atoms with Gasteiger partial charge in [-0.2, -0.15) is 12.6 Å². The van der Waals surface area contributed by atoms with E-state index in [2.05, 4.69) is 17.9 Å². The van der Waals surface area contributed by atoms with Crippen molar-refractivity contribution in [1.29, 1.82) is 0 Å². The lowest BCUT2D eigenvalue weighted by Crippen LogP contribution is -2.09. The SMILES string of the molecule is Oc1ccccc1NC(=S)CS. The summed E-state index contributed by atoms with van der Waals surface area (Å²) in [6.07, 6.45) is 0. The van der Waals surface area contributed by atoms with Gasteiger partial charge in [-0.15, -0.1) is 0 Å². The van der Waals surface area contributed by atoms with Gasteiger partial charge < -0.3 is 10.4 Å². The van der Waals surface area contributed by atoms with Gasteiger partial charge in [-0.05, 0) is 12.1 Å². The number of rotatable bonds is 2. The summed E-state index contributed by atoms with van der Waals surface area (Å²) in [5.41, 5.74) is 0.622. The minimum absolute atomic E-state index is 0.196. The second-order valence-electron chi connectivity index (χ2n) is 2.22. The van der Waals surface area contributed by atoms with Gasteiger partial charge in [0.15, 0.2) is 0 Å². The second kappa shape index (κ2) is 4.33.